The van der Waals surface area contributed by atoms with Crippen LogP contribution in [0.15, 0.2) is 18.3 Å². The van der Waals surface area contributed by atoms with Gasteiger partial charge in [-0.2, -0.15) is 0 Å². The molecule has 22 heavy (non-hydrogen) atoms. The second-order valence-electron chi connectivity index (χ2n) is 7.31. The summed E-state index contributed by atoms with van der Waals surface area (Å²) in [5.41, 5.74) is 5.85. The van der Waals surface area contributed by atoms with E-state index in [1.54, 1.807) is 17.2 Å². The fraction of sp³-hybridized carbons (Fsp3) is 0.625. The van der Waals surface area contributed by atoms with Crippen LogP contribution in [0.3, 0.4) is 0 Å². The quantitative estimate of drug-likeness (QED) is 0.863. The van der Waals surface area contributed by atoms with Crippen molar-refractivity contribution in [3.05, 3.63) is 18.3 Å². The largest absolute Gasteiger partial charge is 0.444 e. The summed E-state index contributed by atoms with van der Waals surface area (Å²) in [4.78, 5) is 20.5. The average molecular weight is 306 g/mol. The number of aromatic nitrogens is 1. The lowest BCUT2D eigenvalue weighted by Crippen LogP contribution is -2.61. The number of carbonyl (C=O) groups excluding carboxylic acids is 1. The van der Waals surface area contributed by atoms with Gasteiger partial charge in [0.25, 0.3) is 0 Å². The predicted molar refractivity (Wildman–Crippen MR) is 87.9 cm³/mol. The molecule has 0 radical (unpaired) electrons. The summed E-state index contributed by atoms with van der Waals surface area (Å²) in [6, 6.07) is 3.75. The molecule has 1 aromatic rings. The van der Waals surface area contributed by atoms with Crippen LogP contribution in [0.2, 0.25) is 0 Å². The number of piperazine rings is 1. The third-order valence-corrected chi connectivity index (χ3v) is 3.65. The molecule has 2 heterocycles. The number of carbonyl (C=O) groups is 1. The lowest BCUT2D eigenvalue weighted by Gasteiger charge is -2.47. The van der Waals surface area contributed by atoms with Crippen LogP contribution in [0.25, 0.3) is 0 Å². The molecule has 0 atom stereocenters. The Labute approximate surface area is 132 Å². The van der Waals surface area contributed by atoms with Crippen LogP contribution >= 0.6 is 0 Å². The van der Waals surface area contributed by atoms with E-state index in [1.165, 1.54) is 0 Å². The van der Waals surface area contributed by atoms with Gasteiger partial charge in [-0.1, -0.05) is 0 Å². The van der Waals surface area contributed by atoms with Crippen molar-refractivity contribution >= 4 is 17.6 Å². The molecule has 1 fully saturated rings. The third kappa shape index (κ3) is 3.81. The van der Waals surface area contributed by atoms with Crippen LogP contribution < -0.4 is 10.6 Å². The van der Waals surface area contributed by atoms with E-state index in [-0.39, 0.29) is 11.6 Å². The standard InChI is InChI=1S/C16H26N4O2/c1-15(2,3)22-14(21)20-9-8-19(11-16(20,4)5)12-6-7-13(17)18-10-12/h6-7,10H,8-9,11H2,1-5H3,(H2,17,18). The minimum absolute atomic E-state index is 0.257. The second-order valence-corrected chi connectivity index (χ2v) is 7.31. The SMILES string of the molecule is CC(C)(C)OC(=O)N1CCN(c2ccc(N)nc2)CC1(C)C. The van der Waals surface area contributed by atoms with E-state index in [0.29, 0.717) is 12.4 Å². The molecule has 0 aliphatic carbocycles. The maximum atomic E-state index is 12.4. The predicted octanol–water partition coefficient (Wildman–Crippen LogP) is 2.50. The minimum Gasteiger partial charge on any atom is -0.444 e. The monoisotopic (exact) mass is 306 g/mol. The summed E-state index contributed by atoms with van der Waals surface area (Å²) >= 11 is 0. The number of rotatable bonds is 1. The fourth-order valence-corrected chi connectivity index (χ4v) is 2.62. The van der Waals surface area contributed by atoms with Crippen LogP contribution in [-0.2, 0) is 4.74 Å². The molecule has 0 spiro atoms. The summed E-state index contributed by atoms with van der Waals surface area (Å²) in [6.45, 7) is 11.8. The van der Waals surface area contributed by atoms with Gasteiger partial charge in [0, 0.05) is 19.6 Å². The van der Waals surface area contributed by atoms with Crippen molar-refractivity contribution in [3.8, 4) is 0 Å². The molecule has 6 nitrogen and oxygen atoms in total. The van der Waals surface area contributed by atoms with Gasteiger partial charge in [-0.15, -0.1) is 0 Å². The molecule has 6 heteroatoms. The van der Waals surface area contributed by atoms with Crippen molar-refractivity contribution < 1.29 is 9.53 Å². The van der Waals surface area contributed by atoms with Crippen molar-refractivity contribution in [2.24, 2.45) is 0 Å². The number of pyridine rings is 1. The number of amides is 1. The van der Waals surface area contributed by atoms with Crippen molar-refractivity contribution in [2.45, 2.75) is 45.8 Å². The molecule has 0 bridgehead atoms. The van der Waals surface area contributed by atoms with E-state index in [4.69, 9.17) is 10.5 Å². The summed E-state index contributed by atoms with van der Waals surface area (Å²) in [7, 11) is 0. The van der Waals surface area contributed by atoms with Crippen LogP contribution in [0.1, 0.15) is 34.6 Å². The number of hydrogen-bond acceptors (Lipinski definition) is 5. The zero-order valence-corrected chi connectivity index (χ0v) is 14.1. The van der Waals surface area contributed by atoms with E-state index in [1.807, 2.05) is 40.7 Å². The van der Waals surface area contributed by atoms with E-state index < -0.39 is 5.60 Å². The van der Waals surface area contributed by atoms with Crippen LogP contribution in [0.5, 0.6) is 0 Å². The maximum absolute atomic E-state index is 12.4. The molecule has 0 unspecified atom stereocenters. The molecule has 1 aliphatic heterocycles. The highest BCUT2D eigenvalue weighted by atomic mass is 16.6. The number of nitrogens with two attached hydrogens (primary N) is 1. The van der Waals surface area contributed by atoms with Crippen LogP contribution in [0.4, 0.5) is 16.3 Å². The molecule has 0 aromatic carbocycles. The van der Waals surface area contributed by atoms with Gasteiger partial charge in [0.05, 0.1) is 17.4 Å². The van der Waals surface area contributed by atoms with Crippen molar-refractivity contribution in [1.82, 2.24) is 9.88 Å². The fourth-order valence-electron chi connectivity index (χ4n) is 2.62. The van der Waals surface area contributed by atoms with Crippen LogP contribution in [-0.4, -0.2) is 46.8 Å². The summed E-state index contributed by atoms with van der Waals surface area (Å²) in [6.07, 6.45) is 1.52. The Bertz CT molecular complexity index is 534. The van der Waals surface area contributed by atoms with E-state index in [2.05, 4.69) is 9.88 Å². The Hall–Kier alpha value is -1.98. The van der Waals surface area contributed by atoms with E-state index >= 15 is 0 Å². The second kappa shape index (κ2) is 5.66. The van der Waals surface area contributed by atoms with Crippen molar-refractivity contribution in [3.63, 3.8) is 0 Å². The van der Waals surface area contributed by atoms with Crippen molar-refractivity contribution in [1.29, 1.82) is 0 Å². The minimum atomic E-state index is -0.481. The Morgan fingerprint density at radius 3 is 2.50 bits per heavy atom. The smallest absolute Gasteiger partial charge is 0.410 e. The molecule has 1 aliphatic rings. The number of nitrogens with zero attached hydrogens (tertiary/aromatic N) is 3. The average Bonchev–Trinajstić information content (AvgIpc) is 2.36. The normalized spacial score (nSPS) is 18.2. The molecule has 1 aromatic heterocycles. The summed E-state index contributed by atoms with van der Waals surface area (Å²) in [5, 5.41) is 0. The molecular weight excluding hydrogens is 280 g/mol. The molecular formula is C16H26N4O2. The van der Waals surface area contributed by atoms with Gasteiger partial charge >= 0.3 is 6.09 Å². The van der Waals surface area contributed by atoms with Gasteiger partial charge in [-0.3, -0.25) is 4.90 Å². The number of anilines is 2. The first-order valence-corrected chi connectivity index (χ1v) is 7.56. The third-order valence-electron chi connectivity index (χ3n) is 3.65. The first-order valence-electron chi connectivity index (χ1n) is 7.56. The number of ether oxygens (including phenoxy) is 1. The Morgan fingerprint density at radius 2 is 2.00 bits per heavy atom. The van der Waals surface area contributed by atoms with Crippen molar-refractivity contribution in [2.75, 3.05) is 30.3 Å². The van der Waals surface area contributed by atoms with Gasteiger partial charge in [0.15, 0.2) is 0 Å². The zero-order valence-electron chi connectivity index (χ0n) is 14.1. The maximum Gasteiger partial charge on any atom is 0.410 e. The van der Waals surface area contributed by atoms with Gasteiger partial charge in [-0.05, 0) is 46.8 Å². The van der Waals surface area contributed by atoms with E-state index in [9.17, 15) is 4.79 Å². The van der Waals surface area contributed by atoms with Gasteiger partial charge in [0.2, 0.25) is 0 Å². The van der Waals surface area contributed by atoms with Crippen LogP contribution in [0, 0.1) is 0 Å². The lowest BCUT2D eigenvalue weighted by molar-refractivity contribution is 0.000378. The van der Waals surface area contributed by atoms with Gasteiger partial charge < -0.3 is 15.4 Å². The highest BCUT2D eigenvalue weighted by Crippen LogP contribution is 2.27. The molecule has 2 rings (SSSR count). The zero-order chi connectivity index (χ0) is 16.5. The Morgan fingerprint density at radius 1 is 1.32 bits per heavy atom. The first kappa shape index (κ1) is 16.4. The Balaban J connectivity index is 2.09. The van der Waals surface area contributed by atoms with E-state index in [0.717, 1.165) is 18.8 Å². The van der Waals surface area contributed by atoms with Gasteiger partial charge in [0.1, 0.15) is 11.4 Å². The van der Waals surface area contributed by atoms with Gasteiger partial charge in [-0.25, -0.2) is 9.78 Å². The molecule has 2 N–H and O–H groups in total. The lowest BCUT2D eigenvalue weighted by atomic mass is 9.99. The molecule has 122 valence electrons. The molecule has 1 saturated heterocycles. The highest BCUT2D eigenvalue weighted by Gasteiger charge is 2.39. The molecule has 0 saturated carbocycles. The summed E-state index contributed by atoms with van der Waals surface area (Å²) < 4.78 is 5.51. The number of nitrogen functional groups attached to an aromatic ring is 1. The highest BCUT2D eigenvalue weighted by molar-refractivity contribution is 5.70. The Kier molecular flexibility index (Phi) is 4.22. The number of hydrogen-bond donors (Lipinski definition) is 1. The first-order chi connectivity index (χ1) is 10.1. The summed E-state index contributed by atoms with van der Waals surface area (Å²) in [5.74, 6) is 0.510. The topological polar surface area (TPSA) is 71.7 Å². The molecule has 1 amide bonds.